The van der Waals surface area contributed by atoms with Crippen LogP contribution in [0.4, 0.5) is 5.82 Å². The molecule has 2 rings (SSSR count). The van der Waals surface area contributed by atoms with E-state index in [0.29, 0.717) is 6.04 Å². The van der Waals surface area contributed by atoms with Gasteiger partial charge >= 0.3 is 0 Å². The molecule has 112 valence electrons. The average Bonchev–Trinajstić information content (AvgIpc) is 2.37. The molecule has 5 heteroatoms. The van der Waals surface area contributed by atoms with Crippen LogP contribution >= 0.6 is 15.9 Å². The van der Waals surface area contributed by atoms with Crippen LogP contribution in [-0.4, -0.2) is 36.3 Å². The number of hydrogen-bond acceptors (Lipinski definition) is 4. The van der Waals surface area contributed by atoms with Gasteiger partial charge in [0, 0.05) is 34.9 Å². The maximum atomic E-state index is 5.52. The zero-order valence-electron chi connectivity index (χ0n) is 12.7. The molecule has 1 unspecified atom stereocenters. The normalized spacial score (nSPS) is 20.2. The van der Waals surface area contributed by atoms with Crippen molar-refractivity contribution < 1.29 is 4.74 Å². The van der Waals surface area contributed by atoms with Crippen molar-refractivity contribution in [3.63, 3.8) is 0 Å². The van der Waals surface area contributed by atoms with E-state index in [4.69, 9.17) is 4.74 Å². The molecule has 2 heterocycles. The first kappa shape index (κ1) is 15.7. The third-order valence-electron chi connectivity index (χ3n) is 3.36. The van der Waals surface area contributed by atoms with E-state index >= 15 is 0 Å². The Hall–Kier alpha value is -0.650. The first-order valence-electron chi connectivity index (χ1n) is 7.10. The zero-order chi connectivity index (χ0) is 14.8. The molecule has 1 saturated heterocycles. The van der Waals surface area contributed by atoms with Gasteiger partial charge in [-0.1, -0.05) is 0 Å². The summed E-state index contributed by atoms with van der Waals surface area (Å²) in [4.78, 5) is 6.98. The molecule has 0 saturated carbocycles. The highest BCUT2D eigenvalue weighted by molar-refractivity contribution is 9.10. The van der Waals surface area contributed by atoms with E-state index in [1.807, 2.05) is 6.20 Å². The van der Waals surface area contributed by atoms with Gasteiger partial charge in [-0.05, 0) is 49.7 Å². The molecule has 1 aromatic rings. The smallest absolute Gasteiger partial charge is 0.133 e. The Morgan fingerprint density at radius 3 is 2.90 bits per heavy atom. The zero-order valence-corrected chi connectivity index (χ0v) is 14.3. The van der Waals surface area contributed by atoms with Gasteiger partial charge in [0.2, 0.25) is 0 Å². The lowest BCUT2D eigenvalue weighted by molar-refractivity contribution is 0.0984. The molecule has 20 heavy (non-hydrogen) atoms. The van der Waals surface area contributed by atoms with Crippen molar-refractivity contribution in [1.29, 1.82) is 0 Å². The quantitative estimate of drug-likeness (QED) is 0.917. The summed E-state index contributed by atoms with van der Waals surface area (Å²) in [6, 6.07) is 2.52. The van der Waals surface area contributed by atoms with Gasteiger partial charge in [-0.15, -0.1) is 0 Å². The maximum absolute atomic E-state index is 5.52. The summed E-state index contributed by atoms with van der Waals surface area (Å²) < 4.78 is 6.54. The molecule has 1 fully saturated rings. The summed E-state index contributed by atoms with van der Waals surface area (Å²) in [5.41, 5.74) is 1.32. The predicted molar refractivity (Wildman–Crippen MR) is 86.2 cm³/mol. The summed E-state index contributed by atoms with van der Waals surface area (Å²) in [5.74, 6) is 1.07. The number of nitrogens with one attached hydrogen (secondary N) is 1. The van der Waals surface area contributed by atoms with Crippen LogP contribution in [-0.2, 0) is 11.3 Å². The van der Waals surface area contributed by atoms with E-state index in [1.54, 1.807) is 0 Å². The second-order valence-corrected chi connectivity index (χ2v) is 7.27. The Morgan fingerprint density at radius 1 is 1.50 bits per heavy atom. The van der Waals surface area contributed by atoms with Crippen LogP contribution in [0.1, 0.15) is 33.3 Å². The monoisotopic (exact) mass is 341 g/mol. The lowest BCUT2D eigenvalue weighted by Crippen LogP contribution is -2.45. The fourth-order valence-corrected chi connectivity index (χ4v) is 2.64. The molecular formula is C15H24BrN3O. The number of aromatic nitrogens is 1. The Balaban J connectivity index is 2.23. The molecule has 1 aliphatic rings. The van der Waals surface area contributed by atoms with Gasteiger partial charge in [-0.2, -0.15) is 0 Å². The van der Waals surface area contributed by atoms with E-state index in [1.165, 1.54) is 5.56 Å². The summed E-state index contributed by atoms with van der Waals surface area (Å²) in [6.07, 6.45) is 1.87. The summed E-state index contributed by atoms with van der Waals surface area (Å²) in [6.45, 7) is 12.0. The van der Waals surface area contributed by atoms with Crippen molar-refractivity contribution in [2.45, 2.75) is 45.8 Å². The van der Waals surface area contributed by atoms with Crippen molar-refractivity contribution in [3.8, 4) is 0 Å². The van der Waals surface area contributed by atoms with E-state index in [-0.39, 0.29) is 5.54 Å². The second-order valence-electron chi connectivity index (χ2n) is 6.36. The molecule has 1 N–H and O–H groups in total. The summed E-state index contributed by atoms with van der Waals surface area (Å²) >= 11 is 3.52. The topological polar surface area (TPSA) is 37.4 Å². The van der Waals surface area contributed by atoms with E-state index in [0.717, 1.165) is 36.6 Å². The van der Waals surface area contributed by atoms with Crippen LogP contribution in [0, 0.1) is 0 Å². The largest absolute Gasteiger partial charge is 0.377 e. The highest BCUT2D eigenvalue weighted by Gasteiger charge is 2.23. The highest BCUT2D eigenvalue weighted by atomic mass is 79.9. The third-order valence-corrected chi connectivity index (χ3v) is 3.79. The van der Waals surface area contributed by atoms with E-state index < -0.39 is 0 Å². The number of nitrogens with zero attached hydrogens (tertiary/aromatic N) is 2. The van der Waals surface area contributed by atoms with Crippen LogP contribution < -0.4 is 10.2 Å². The number of rotatable bonds is 3. The van der Waals surface area contributed by atoms with Crippen molar-refractivity contribution in [2.24, 2.45) is 0 Å². The minimum Gasteiger partial charge on any atom is -0.377 e. The first-order valence-corrected chi connectivity index (χ1v) is 7.90. The molecule has 0 spiro atoms. The van der Waals surface area contributed by atoms with Crippen LogP contribution in [0.15, 0.2) is 16.7 Å². The fraction of sp³-hybridized carbons (Fsp3) is 0.667. The first-order chi connectivity index (χ1) is 9.37. The van der Waals surface area contributed by atoms with E-state index in [9.17, 15) is 0 Å². The molecule has 1 aromatic heterocycles. The number of pyridine rings is 1. The maximum Gasteiger partial charge on any atom is 0.133 e. The van der Waals surface area contributed by atoms with Gasteiger partial charge in [0.05, 0.1) is 19.3 Å². The van der Waals surface area contributed by atoms with Gasteiger partial charge in [0.1, 0.15) is 5.82 Å². The van der Waals surface area contributed by atoms with Gasteiger partial charge in [0.15, 0.2) is 0 Å². The minimum atomic E-state index is 0.0935. The van der Waals surface area contributed by atoms with Crippen molar-refractivity contribution in [1.82, 2.24) is 10.3 Å². The molecule has 1 atom stereocenters. The summed E-state index contributed by atoms with van der Waals surface area (Å²) in [7, 11) is 0. The summed E-state index contributed by atoms with van der Waals surface area (Å²) in [5, 5.41) is 3.54. The number of hydrogen-bond donors (Lipinski definition) is 1. The molecule has 0 aromatic carbocycles. The van der Waals surface area contributed by atoms with Crippen molar-refractivity contribution >= 4 is 21.7 Å². The number of morpholine rings is 1. The van der Waals surface area contributed by atoms with Gasteiger partial charge in [-0.25, -0.2) is 4.98 Å². The number of ether oxygens (including phenoxy) is 1. The van der Waals surface area contributed by atoms with Crippen LogP contribution in [0.25, 0.3) is 0 Å². The average molecular weight is 342 g/mol. The molecule has 1 aliphatic heterocycles. The number of anilines is 1. The van der Waals surface area contributed by atoms with Gasteiger partial charge < -0.3 is 15.0 Å². The van der Waals surface area contributed by atoms with Crippen molar-refractivity contribution in [3.05, 3.63) is 22.3 Å². The minimum absolute atomic E-state index is 0.0935. The Morgan fingerprint density at radius 2 is 2.25 bits per heavy atom. The fourth-order valence-electron chi connectivity index (χ4n) is 2.26. The highest BCUT2D eigenvalue weighted by Crippen LogP contribution is 2.25. The standard InChI is InChI=1S/C15H24BrN3O/c1-11-10-20-6-5-19(11)14-12(7-13(16)9-17-14)8-18-15(2,3)4/h7,9,11,18H,5-6,8,10H2,1-4H3. The molecule has 0 aliphatic carbocycles. The van der Waals surface area contributed by atoms with Crippen molar-refractivity contribution in [2.75, 3.05) is 24.7 Å². The van der Waals surface area contributed by atoms with Crippen LogP contribution in [0.2, 0.25) is 0 Å². The van der Waals surface area contributed by atoms with E-state index in [2.05, 4.69) is 64.9 Å². The van der Waals surface area contributed by atoms with Gasteiger partial charge in [-0.3, -0.25) is 0 Å². The Bertz CT molecular complexity index is 459. The lowest BCUT2D eigenvalue weighted by Gasteiger charge is -2.35. The van der Waals surface area contributed by atoms with Crippen LogP contribution in [0.5, 0.6) is 0 Å². The molecule has 0 radical (unpaired) electrons. The number of halogens is 1. The lowest BCUT2D eigenvalue weighted by atomic mass is 10.1. The predicted octanol–water partition coefficient (Wildman–Crippen LogP) is 2.96. The molecule has 0 bridgehead atoms. The third kappa shape index (κ3) is 4.17. The molecule has 0 amide bonds. The second kappa shape index (κ2) is 6.41. The molecule has 4 nitrogen and oxygen atoms in total. The van der Waals surface area contributed by atoms with Gasteiger partial charge in [0.25, 0.3) is 0 Å². The SMILES string of the molecule is CC1COCCN1c1ncc(Br)cc1CNC(C)(C)C. The Labute approximate surface area is 130 Å². The Kier molecular flexibility index (Phi) is 5.04. The molecular weight excluding hydrogens is 318 g/mol. The van der Waals surface area contributed by atoms with Crippen LogP contribution in [0.3, 0.4) is 0 Å².